The summed E-state index contributed by atoms with van der Waals surface area (Å²) in [6.45, 7) is 9.54. The van der Waals surface area contributed by atoms with E-state index in [2.05, 4.69) is 90.3 Å². The molecule has 4 rings (SSSR count). The molecule has 0 spiro atoms. The summed E-state index contributed by atoms with van der Waals surface area (Å²) in [5.41, 5.74) is 10.2. The number of hydrogen-bond acceptors (Lipinski definition) is 5. The zero-order valence-corrected chi connectivity index (χ0v) is 21.3. The minimum Gasteiger partial charge on any atom is -0.402 e. The molecule has 6 nitrogen and oxygen atoms in total. The van der Waals surface area contributed by atoms with E-state index < -0.39 is 5.72 Å². The van der Waals surface area contributed by atoms with E-state index in [0.29, 0.717) is 16.3 Å². The lowest BCUT2D eigenvalue weighted by Gasteiger charge is -2.70. The standard InChI is InChI=1S/C23H27N5OSSi/c1-16-19(26-27-24)25-20(30-16)28-15-22(21(2,3)4,17-11-7-5-8-12-17)23(28,29-31)18-13-9-6-10-14-18/h5-14H,15H2,1-4,31H3. The van der Waals surface area contributed by atoms with Gasteiger partial charge in [0.05, 0.1) is 5.41 Å². The molecule has 1 aliphatic rings. The lowest BCUT2D eigenvalue weighted by Crippen LogP contribution is -2.79. The van der Waals surface area contributed by atoms with Crippen LogP contribution in [0.4, 0.5) is 10.9 Å². The monoisotopic (exact) mass is 449 g/mol. The number of hydrogen-bond donors (Lipinski definition) is 0. The summed E-state index contributed by atoms with van der Waals surface area (Å²) in [7, 11) is 0.547. The second kappa shape index (κ2) is 7.80. The van der Waals surface area contributed by atoms with Crippen molar-refractivity contribution in [1.29, 1.82) is 0 Å². The van der Waals surface area contributed by atoms with E-state index in [4.69, 9.17) is 14.9 Å². The van der Waals surface area contributed by atoms with Crippen LogP contribution in [-0.4, -0.2) is 22.0 Å². The van der Waals surface area contributed by atoms with Gasteiger partial charge < -0.3 is 9.33 Å². The molecule has 0 saturated carbocycles. The molecule has 3 aromatic rings. The predicted octanol–water partition coefficient (Wildman–Crippen LogP) is 5.35. The van der Waals surface area contributed by atoms with Crippen molar-refractivity contribution < 1.29 is 4.43 Å². The number of azide groups is 1. The van der Waals surface area contributed by atoms with Crippen LogP contribution in [0, 0.1) is 12.3 Å². The van der Waals surface area contributed by atoms with Gasteiger partial charge in [0.15, 0.2) is 10.9 Å². The first-order valence-electron chi connectivity index (χ1n) is 10.3. The summed E-state index contributed by atoms with van der Waals surface area (Å²) in [4.78, 5) is 10.8. The normalized spacial score (nSPS) is 23.3. The fraction of sp³-hybridized carbons (Fsp3) is 0.348. The van der Waals surface area contributed by atoms with Gasteiger partial charge in [0.2, 0.25) is 0 Å². The molecule has 1 aromatic heterocycles. The molecule has 0 amide bonds. The van der Waals surface area contributed by atoms with Crippen LogP contribution in [0.25, 0.3) is 10.4 Å². The van der Waals surface area contributed by atoms with E-state index in [0.717, 1.165) is 22.1 Å². The van der Waals surface area contributed by atoms with Crippen molar-refractivity contribution in [2.75, 3.05) is 11.4 Å². The maximum atomic E-state index is 8.92. The highest BCUT2D eigenvalue weighted by atomic mass is 32.1. The Morgan fingerprint density at radius 1 is 1.10 bits per heavy atom. The van der Waals surface area contributed by atoms with Crippen LogP contribution in [0.1, 0.15) is 36.8 Å². The Labute approximate surface area is 190 Å². The molecule has 1 aliphatic heterocycles. The Morgan fingerprint density at radius 2 is 1.68 bits per heavy atom. The summed E-state index contributed by atoms with van der Waals surface area (Å²) < 4.78 is 6.66. The molecule has 2 aromatic carbocycles. The van der Waals surface area contributed by atoms with Crippen molar-refractivity contribution in [2.45, 2.75) is 38.8 Å². The maximum Gasteiger partial charge on any atom is 0.188 e. The topological polar surface area (TPSA) is 74.1 Å². The molecule has 8 heteroatoms. The van der Waals surface area contributed by atoms with Crippen molar-refractivity contribution in [3.05, 3.63) is 87.1 Å². The van der Waals surface area contributed by atoms with E-state index in [9.17, 15) is 0 Å². The third-order valence-electron chi connectivity index (χ3n) is 6.49. The molecule has 2 atom stereocenters. The maximum absolute atomic E-state index is 8.92. The fourth-order valence-electron chi connectivity index (χ4n) is 5.08. The SMILES string of the molecule is Cc1sc(N2CC(c3ccccc3)(C(C)(C)C)C2(O[SiH3])c2ccccc2)nc1N=[N+]=[N-]. The van der Waals surface area contributed by atoms with Gasteiger partial charge >= 0.3 is 0 Å². The van der Waals surface area contributed by atoms with E-state index in [1.165, 1.54) is 5.56 Å². The average molecular weight is 450 g/mol. The third kappa shape index (κ3) is 3.02. The van der Waals surface area contributed by atoms with Gasteiger partial charge in [-0.3, -0.25) is 0 Å². The zero-order chi connectivity index (χ0) is 22.3. The largest absolute Gasteiger partial charge is 0.402 e. The van der Waals surface area contributed by atoms with Crippen LogP contribution < -0.4 is 4.90 Å². The summed E-state index contributed by atoms with van der Waals surface area (Å²) in [6.07, 6.45) is 0. The molecule has 0 aliphatic carbocycles. The minimum absolute atomic E-state index is 0.106. The molecule has 0 radical (unpaired) electrons. The molecule has 1 fully saturated rings. The van der Waals surface area contributed by atoms with Crippen LogP contribution in [0.15, 0.2) is 65.8 Å². The van der Waals surface area contributed by atoms with Crippen LogP contribution in [0.2, 0.25) is 0 Å². The first-order valence-corrected chi connectivity index (χ1v) is 11.9. The molecule has 0 N–H and O–H groups in total. The molecule has 31 heavy (non-hydrogen) atoms. The van der Waals surface area contributed by atoms with Crippen molar-refractivity contribution >= 4 is 32.8 Å². The van der Waals surface area contributed by atoms with Gasteiger partial charge in [-0.2, -0.15) is 0 Å². The summed E-state index contributed by atoms with van der Waals surface area (Å²) in [5, 5.41) is 4.59. The Balaban J connectivity index is 2.00. The van der Waals surface area contributed by atoms with E-state index in [1.807, 2.05) is 13.0 Å². The molecule has 160 valence electrons. The zero-order valence-electron chi connectivity index (χ0n) is 18.5. The molecule has 2 heterocycles. The van der Waals surface area contributed by atoms with Gasteiger partial charge in [0, 0.05) is 21.9 Å². The van der Waals surface area contributed by atoms with Crippen molar-refractivity contribution in [3.8, 4) is 0 Å². The van der Waals surface area contributed by atoms with Crippen LogP contribution in [-0.2, 0) is 15.6 Å². The van der Waals surface area contributed by atoms with E-state index >= 15 is 0 Å². The molecule has 1 saturated heterocycles. The van der Waals surface area contributed by atoms with Crippen LogP contribution in [0.3, 0.4) is 0 Å². The Hall–Kier alpha value is -2.64. The number of benzene rings is 2. The number of anilines is 1. The van der Waals surface area contributed by atoms with Gasteiger partial charge in [-0.25, -0.2) is 4.98 Å². The van der Waals surface area contributed by atoms with Gasteiger partial charge in [-0.1, -0.05) is 81.4 Å². The number of aryl methyl sites for hydroxylation is 1. The average Bonchev–Trinajstić information content (AvgIpc) is 3.09. The number of rotatable bonds is 5. The summed E-state index contributed by atoms with van der Waals surface area (Å²) in [5.74, 6) is 0.436. The quantitative estimate of drug-likeness (QED) is 0.228. The third-order valence-corrected chi connectivity index (χ3v) is 8.07. The second-order valence-corrected chi connectivity index (χ2v) is 10.5. The van der Waals surface area contributed by atoms with Gasteiger partial charge in [0.25, 0.3) is 0 Å². The number of thiazole rings is 1. The summed E-state index contributed by atoms with van der Waals surface area (Å²) >= 11 is 1.54. The lowest BCUT2D eigenvalue weighted by atomic mass is 9.50. The molecule has 0 bridgehead atoms. The van der Waals surface area contributed by atoms with E-state index in [1.54, 1.807) is 11.3 Å². The van der Waals surface area contributed by atoms with Crippen molar-refractivity contribution in [2.24, 2.45) is 10.5 Å². The predicted molar refractivity (Wildman–Crippen MR) is 130 cm³/mol. The smallest absolute Gasteiger partial charge is 0.188 e. The van der Waals surface area contributed by atoms with Gasteiger partial charge in [-0.05, 0) is 28.5 Å². The summed E-state index contributed by atoms with van der Waals surface area (Å²) in [6, 6.07) is 21.1. The van der Waals surface area contributed by atoms with Gasteiger partial charge in [-0.15, -0.1) is 11.3 Å². The fourth-order valence-corrected chi connectivity index (χ4v) is 6.77. The Kier molecular flexibility index (Phi) is 5.43. The van der Waals surface area contributed by atoms with Crippen LogP contribution in [0.5, 0.6) is 0 Å². The van der Waals surface area contributed by atoms with E-state index in [-0.39, 0.29) is 10.8 Å². The molecule has 2 unspecified atom stereocenters. The highest BCUT2D eigenvalue weighted by Crippen LogP contribution is 2.65. The van der Waals surface area contributed by atoms with Crippen molar-refractivity contribution in [1.82, 2.24) is 4.98 Å². The first kappa shape index (κ1) is 21.6. The molecular weight excluding hydrogens is 422 g/mol. The second-order valence-electron chi connectivity index (χ2n) is 8.89. The van der Waals surface area contributed by atoms with Crippen LogP contribution >= 0.6 is 11.3 Å². The van der Waals surface area contributed by atoms with Gasteiger partial charge in [0.1, 0.15) is 16.3 Å². The molecular formula is C23H27N5OSSi. The highest BCUT2D eigenvalue weighted by molar-refractivity contribution is 7.16. The Morgan fingerprint density at radius 3 is 2.19 bits per heavy atom. The lowest BCUT2D eigenvalue weighted by molar-refractivity contribution is -0.130. The van der Waals surface area contributed by atoms with Crippen molar-refractivity contribution in [3.63, 3.8) is 0 Å². The number of aromatic nitrogens is 1. The number of nitrogens with zero attached hydrogens (tertiary/aromatic N) is 5. The minimum atomic E-state index is -0.710. The highest BCUT2D eigenvalue weighted by Gasteiger charge is 2.71. The first-order chi connectivity index (χ1) is 14.8. The Bertz CT molecular complexity index is 1120.